The van der Waals surface area contributed by atoms with Crippen LogP contribution in [0.3, 0.4) is 0 Å². The van der Waals surface area contributed by atoms with Crippen molar-refractivity contribution in [2.45, 2.75) is 44.6 Å². The van der Waals surface area contributed by atoms with Crippen LogP contribution in [0.2, 0.25) is 0 Å². The molecule has 2 N–H and O–H groups in total. The van der Waals surface area contributed by atoms with Crippen LogP contribution in [0.5, 0.6) is 0 Å². The topological polar surface area (TPSA) is 101 Å². The average Bonchev–Trinajstić information content (AvgIpc) is 2.74. The molecule has 1 aromatic rings. The maximum Gasteiger partial charge on any atom is 0.273 e. The lowest BCUT2D eigenvalue weighted by Gasteiger charge is -2.07. The van der Waals surface area contributed by atoms with E-state index in [0.29, 0.717) is 13.2 Å². The summed E-state index contributed by atoms with van der Waals surface area (Å²) < 4.78 is 28.2. The summed E-state index contributed by atoms with van der Waals surface area (Å²) in [6, 6.07) is 0. The molecule has 0 saturated carbocycles. The molecule has 9 heteroatoms. The Kier molecular flexibility index (Phi) is 6.63. The number of hydrogen-bond acceptors (Lipinski definition) is 5. The van der Waals surface area contributed by atoms with Crippen LogP contribution in [-0.4, -0.2) is 43.8 Å². The standard InChI is InChI=1S/C12H20ClN3O4S/c1-8(2)20-7-5-4-6-14-12(17)10-11(21(13,18)19)9(3)15-16-10/h8H,4-7H2,1-3H3,(H,14,17)(H,15,16). The monoisotopic (exact) mass is 337 g/mol. The molecule has 1 rings (SSSR count). The number of rotatable bonds is 8. The van der Waals surface area contributed by atoms with Crippen molar-refractivity contribution in [3.8, 4) is 0 Å². The molecule has 21 heavy (non-hydrogen) atoms. The lowest BCUT2D eigenvalue weighted by molar-refractivity contribution is 0.0754. The molecule has 0 fully saturated rings. The Labute approximate surface area is 128 Å². The Morgan fingerprint density at radius 1 is 1.43 bits per heavy atom. The number of H-pyrrole nitrogens is 1. The third kappa shape index (κ3) is 5.64. The molecule has 120 valence electrons. The fourth-order valence-corrected chi connectivity index (χ4v) is 3.05. The number of aromatic nitrogens is 2. The first kappa shape index (κ1) is 17.9. The Bertz CT molecular complexity index is 583. The number of aryl methyl sites for hydroxylation is 1. The normalized spacial score (nSPS) is 11.9. The summed E-state index contributed by atoms with van der Waals surface area (Å²) in [6.07, 6.45) is 1.71. The van der Waals surface area contributed by atoms with Crippen molar-refractivity contribution < 1.29 is 17.9 Å². The zero-order chi connectivity index (χ0) is 16.0. The number of hydrogen-bond donors (Lipinski definition) is 2. The molecule has 1 aromatic heterocycles. The predicted octanol–water partition coefficient (Wildman–Crippen LogP) is 1.58. The molecule has 0 bridgehead atoms. The van der Waals surface area contributed by atoms with Gasteiger partial charge in [0.05, 0.1) is 11.8 Å². The third-order valence-corrected chi connectivity index (χ3v) is 4.11. The first-order chi connectivity index (χ1) is 9.73. The van der Waals surface area contributed by atoms with Crippen molar-refractivity contribution in [2.24, 2.45) is 0 Å². The van der Waals surface area contributed by atoms with E-state index < -0.39 is 15.0 Å². The first-order valence-electron chi connectivity index (χ1n) is 6.63. The number of halogens is 1. The molecule has 0 aliphatic rings. The smallest absolute Gasteiger partial charge is 0.273 e. The Morgan fingerprint density at radius 3 is 2.67 bits per heavy atom. The van der Waals surface area contributed by atoms with Gasteiger partial charge in [-0.05, 0) is 33.6 Å². The fraction of sp³-hybridized carbons (Fsp3) is 0.667. The average molecular weight is 338 g/mol. The van der Waals surface area contributed by atoms with Crippen molar-refractivity contribution in [3.05, 3.63) is 11.4 Å². The highest BCUT2D eigenvalue weighted by molar-refractivity contribution is 8.13. The summed E-state index contributed by atoms with van der Waals surface area (Å²) in [5, 5.41) is 8.76. The summed E-state index contributed by atoms with van der Waals surface area (Å²) >= 11 is 0. The lowest BCUT2D eigenvalue weighted by atomic mass is 10.3. The summed E-state index contributed by atoms with van der Waals surface area (Å²) in [6.45, 7) is 6.43. The quantitative estimate of drug-likeness (QED) is 0.554. The number of ether oxygens (including phenoxy) is 1. The van der Waals surface area contributed by atoms with Gasteiger partial charge in [0.25, 0.3) is 15.0 Å². The number of nitrogens with one attached hydrogen (secondary N) is 2. The summed E-state index contributed by atoms with van der Waals surface area (Å²) in [7, 11) is 1.29. The first-order valence-corrected chi connectivity index (χ1v) is 8.94. The van der Waals surface area contributed by atoms with Gasteiger partial charge >= 0.3 is 0 Å². The van der Waals surface area contributed by atoms with Crippen LogP contribution in [0.15, 0.2) is 4.90 Å². The highest BCUT2D eigenvalue weighted by Crippen LogP contribution is 2.21. The molecule has 1 heterocycles. The van der Waals surface area contributed by atoms with Gasteiger partial charge in [-0.15, -0.1) is 0 Å². The third-order valence-electron chi connectivity index (χ3n) is 2.66. The summed E-state index contributed by atoms with van der Waals surface area (Å²) in [4.78, 5) is 11.6. The van der Waals surface area contributed by atoms with Crippen molar-refractivity contribution in [1.82, 2.24) is 15.5 Å². The van der Waals surface area contributed by atoms with Crippen LogP contribution in [-0.2, 0) is 13.8 Å². The number of carbonyl (C=O) groups excluding carboxylic acids is 1. The van der Waals surface area contributed by atoms with Crippen molar-refractivity contribution in [3.63, 3.8) is 0 Å². The predicted molar refractivity (Wildman–Crippen MR) is 79.0 cm³/mol. The van der Waals surface area contributed by atoms with E-state index in [-0.39, 0.29) is 22.4 Å². The second kappa shape index (κ2) is 7.77. The molecule has 0 unspecified atom stereocenters. The van der Waals surface area contributed by atoms with Crippen molar-refractivity contribution in [2.75, 3.05) is 13.2 Å². The molecule has 0 aromatic carbocycles. The zero-order valence-corrected chi connectivity index (χ0v) is 13.8. The minimum absolute atomic E-state index is 0.183. The summed E-state index contributed by atoms with van der Waals surface area (Å²) in [5.41, 5.74) is 0.0291. The van der Waals surface area contributed by atoms with Crippen LogP contribution < -0.4 is 5.32 Å². The number of unbranched alkanes of at least 4 members (excludes halogenated alkanes) is 1. The molecular weight excluding hydrogens is 318 g/mol. The second-order valence-corrected chi connectivity index (χ2v) is 7.35. The van der Waals surface area contributed by atoms with Crippen LogP contribution in [0.1, 0.15) is 42.9 Å². The largest absolute Gasteiger partial charge is 0.379 e. The van der Waals surface area contributed by atoms with Crippen LogP contribution in [0.25, 0.3) is 0 Å². The van der Waals surface area contributed by atoms with Gasteiger partial charge in [0.2, 0.25) is 0 Å². The van der Waals surface area contributed by atoms with E-state index in [2.05, 4.69) is 15.5 Å². The maximum atomic E-state index is 11.9. The molecule has 0 atom stereocenters. The van der Waals surface area contributed by atoms with Gasteiger partial charge in [-0.3, -0.25) is 9.89 Å². The molecule has 0 saturated heterocycles. The number of carbonyl (C=O) groups is 1. The van der Waals surface area contributed by atoms with Gasteiger partial charge in [0.15, 0.2) is 5.69 Å². The second-order valence-electron chi connectivity index (χ2n) is 4.85. The van der Waals surface area contributed by atoms with Gasteiger partial charge < -0.3 is 10.1 Å². The van der Waals surface area contributed by atoms with E-state index in [4.69, 9.17) is 15.4 Å². The maximum absolute atomic E-state index is 11.9. The Morgan fingerprint density at radius 2 is 2.10 bits per heavy atom. The Hall–Kier alpha value is -1.12. The molecular formula is C12H20ClN3O4S. The van der Waals surface area contributed by atoms with Crippen LogP contribution in [0, 0.1) is 6.92 Å². The van der Waals surface area contributed by atoms with E-state index in [1.807, 2.05) is 13.8 Å². The van der Waals surface area contributed by atoms with Gasteiger partial charge in [-0.2, -0.15) is 5.10 Å². The van der Waals surface area contributed by atoms with E-state index in [0.717, 1.165) is 12.8 Å². The van der Waals surface area contributed by atoms with E-state index in [9.17, 15) is 13.2 Å². The van der Waals surface area contributed by atoms with Gasteiger partial charge in [-0.1, -0.05) is 0 Å². The summed E-state index contributed by atoms with van der Waals surface area (Å²) in [5.74, 6) is -0.566. The molecule has 1 amide bonds. The number of aromatic amines is 1. The van der Waals surface area contributed by atoms with Gasteiger partial charge in [-0.25, -0.2) is 8.42 Å². The molecule has 0 aliphatic heterocycles. The SMILES string of the molecule is Cc1[nH]nc(C(=O)NCCCCOC(C)C)c1S(=O)(=O)Cl. The highest BCUT2D eigenvalue weighted by Gasteiger charge is 2.26. The van der Waals surface area contributed by atoms with E-state index in [1.54, 1.807) is 0 Å². The minimum Gasteiger partial charge on any atom is -0.379 e. The van der Waals surface area contributed by atoms with Crippen LogP contribution in [0.4, 0.5) is 0 Å². The minimum atomic E-state index is -4.02. The zero-order valence-electron chi connectivity index (χ0n) is 12.3. The van der Waals surface area contributed by atoms with Crippen LogP contribution >= 0.6 is 10.7 Å². The molecule has 7 nitrogen and oxygen atoms in total. The number of amides is 1. The van der Waals surface area contributed by atoms with Gasteiger partial charge in [0.1, 0.15) is 4.90 Å². The molecule has 0 spiro atoms. The van der Waals surface area contributed by atoms with E-state index in [1.165, 1.54) is 6.92 Å². The van der Waals surface area contributed by atoms with Gasteiger partial charge in [0, 0.05) is 23.8 Å². The van der Waals surface area contributed by atoms with Crippen molar-refractivity contribution in [1.29, 1.82) is 0 Å². The molecule has 0 radical (unpaired) electrons. The highest BCUT2D eigenvalue weighted by atomic mass is 35.7. The van der Waals surface area contributed by atoms with E-state index >= 15 is 0 Å². The van der Waals surface area contributed by atoms with Crippen molar-refractivity contribution >= 4 is 25.6 Å². The Balaban J connectivity index is 2.51. The molecule has 0 aliphatic carbocycles. The lowest BCUT2D eigenvalue weighted by Crippen LogP contribution is -2.26. The number of nitrogens with zero attached hydrogens (tertiary/aromatic N) is 1. The fourth-order valence-electron chi connectivity index (χ4n) is 1.70.